The zero-order valence-electron chi connectivity index (χ0n) is 11.8. The average Bonchev–Trinajstić information content (AvgIpc) is 2.41. The van der Waals surface area contributed by atoms with E-state index in [0.29, 0.717) is 0 Å². The van der Waals surface area contributed by atoms with Crippen LogP contribution in [0.1, 0.15) is 18.1 Å². The Labute approximate surface area is 113 Å². The van der Waals surface area contributed by atoms with Crippen molar-refractivity contribution in [3.63, 3.8) is 0 Å². The lowest BCUT2D eigenvalue weighted by Crippen LogP contribution is -2.04. The predicted octanol–water partition coefficient (Wildman–Crippen LogP) is 3.20. The molecule has 19 heavy (non-hydrogen) atoms. The van der Waals surface area contributed by atoms with E-state index in [9.17, 15) is 0 Å². The fourth-order valence-electron chi connectivity index (χ4n) is 2.07. The summed E-state index contributed by atoms with van der Waals surface area (Å²) in [5.74, 6) is 1.70. The Balaban J connectivity index is 2.58. The second-order valence-electron chi connectivity index (χ2n) is 4.43. The summed E-state index contributed by atoms with van der Waals surface area (Å²) >= 11 is 0. The Morgan fingerprint density at radius 3 is 2.68 bits per heavy atom. The average molecular weight is 257 g/mol. The summed E-state index contributed by atoms with van der Waals surface area (Å²) in [5.41, 5.74) is 4.13. The summed E-state index contributed by atoms with van der Waals surface area (Å²) < 4.78 is 5.43. The highest BCUT2D eigenvalue weighted by molar-refractivity contribution is 5.73. The Morgan fingerprint density at radius 1 is 1.21 bits per heavy atom. The second-order valence-corrected chi connectivity index (χ2v) is 4.43. The maximum absolute atomic E-state index is 5.43. The van der Waals surface area contributed by atoms with Crippen LogP contribution in [0.5, 0.6) is 5.75 Å². The van der Waals surface area contributed by atoms with Crippen molar-refractivity contribution in [1.82, 2.24) is 9.97 Å². The van der Waals surface area contributed by atoms with Gasteiger partial charge in [-0.2, -0.15) is 0 Å². The summed E-state index contributed by atoms with van der Waals surface area (Å²) in [5, 5.41) is 3.25. The van der Waals surface area contributed by atoms with Crippen molar-refractivity contribution in [2.24, 2.45) is 0 Å². The molecule has 1 aromatic heterocycles. The molecular weight excluding hydrogens is 238 g/mol. The van der Waals surface area contributed by atoms with Crippen molar-refractivity contribution in [3.05, 3.63) is 35.7 Å². The van der Waals surface area contributed by atoms with Gasteiger partial charge < -0.3 is 10.1 Å². The number of benzene rings is 1. The molecule has 0 radical (unpaired) electrons. The molecule has 4 heteroatoms. The number of nitrogens with zero attached hydrogens (tertiary/aromatic N) is 2. The van der Waals surface area contributed by atoms with Crippen molar-refractivity contribution in [2.45, 2.75) is 20.8 Å². The van der Waals surface area contributed by atoms with Crippen molar-refractivity contribution in [2.75, 3.05) is 19.0 Å². The minimum absolute atomic E-state index is 0.829. The number of hydrogen-bond donors (Lipinski definition) is 1. The van der Waals surface area contributed by atoms with Crippen LogP contribution in [-0.4, -0.2) is 23.6 Å². The van der Waals surface area contributed by atoms with Gasteiger partial charge in [-0.1, -0.05) is 11.6 Å². The molecule has 2 aromatic rings. The Morgan fingerprint density at radius 2 is 2.00 bits per heavy atom. The summed E-state index contributed by atoms with van der Waals surface area (Å²) in [6.07, 6.45) is 1.59. The first-order chi connectivity index (χ1) is 9.17. The lowest BCUT2D eigenvalue weighted by molar-refractivity contribution is 0.416. The number of ether oxygens (including phenoxy) is 1. The Kier molecular flexibility index (Phi) is 4.00. The highest BCUT2D eigenvalue weighted by Gasteiger charge is 2.13. The third kappa shape index (κ3) is 2.67. The summed E-state index contributed by atoms with van der Waals surface area (Å²) in [6, 6.07) is 6.09. The molecule has 0 spiro atoms. The molecule has 0 saturated heterocycles. The number of nitrogens with one attached hydrogen (secondary N) is 1. The number of aromatic nitrogens is 2. The first-order valence-electron chi connectivity index (χ1n) is 6.37. The number of hydrogen-bond acceptors (Lipinski definition) is 4. The van der Waals surface area contributed by atoms with E-state index in [2.05, 4.69) is 35.2 Å². The lowest BCUT2D eigenvalue weighted by Gasteiger charge is -2.13. The van der Waals surface area contributed by atoms with E-state index in [0.717, 1.165) is 34.9 Å². The van der Waals surface area contributed by atoms with Crippen LogP contribution in [0.2, 0.25) is 0 Å². The topological polar surface area (TPSA) is 47.0 Å². The van der Waals surface area contributed by atoms with E-state index >= 15 is 0 Å². The van der Waals surface area contributed by atoms with Crippen LogP contribution in [0.4, 0.5) is 5.82 Å². The predicted molar refractivity (Wildman–Crippen MR) is 77.7 cm³/mol. The van der Waals surface area contributed by atoms with Crippen LogP contribution in [0.3, 0.4) is 0 Å². The lowest BCUT2D eigenvalue weighted by atomic mass is 10.0. The van der Waals surface area contributed by atoms with Crippen molar-refractivity contribution in [3.8, 4) is 17.0 Å². The van der Waals surface area contributed by atoms with E-state index < -0.39 is 0 Å². The normalized spacial score (nSPS) is 10.3. The molecule has 1 heterocycles. The van der Waals surface area contributed by atoms with Crippen LogP contribution in [-0.2, 0) is 0 Å². The number of methoxy groups -OCH3 is 1. The summed E-state index contributed by atoms with van der Waals surface area (Å²) in [6.45, 7) is 6.97. The maximum atomic E-state index is 5.43. The third-order valence-corrected chi connectivity index (χ3v) is 3.04. The molecule has 4 nitrogen and oxygen atoms in total. The van der Waals surface area contributed by atoms with Gasteiger partial charge in [0.2, 0.25) is 0 Å². The molecule has 1 N–H and O–H groups in total. The molecule has 100 valence electrons. The molecule has 0 amide bonds. The van der Waals surface area contributed by atoms with Gasteiger partial charge in [0.1, 0.15) is 17.9 Å². The first kappa shape index (κ1) is 13.3. The molecule has 0 aliphatic rings. The number of rotatable bonds is 4. The van der Waals surface area contributed by atoms with Gasteiger partial charge in [0.05, 0.1) is 12.8 Å². The molecule has 0 bridgehead atoms. The quantitative estimate of drug-likeness (QED) is 0.913. The largest absolute Gasteiger partial charge is 0.496 e. The second kappa shape index (κ2) is 5.69. The van der Waals surface area contributed by atoms with Crippen LogP contribution >= 0.6 is 0 Å². The summed E-state index contributed by atoms with van der Waals surface area (Å²) in [4.78, 5) is 8.68. The smallest absolute Gasteiger partial charge is 0.132 e. The van der Waals surface area contributed by atoms with Gasteiger partial charge in [-0.3, -0.25) is 0 Å². The zero-order chi connectivity index (χ0) is 13.8. The fourth-order valence-corrected chi connectivity index (χ4v) is 2.07. The Hall–Kier alpha value is -2.10. The van der Waals surface area contributed by atoms with E-state index in [-0.39, 0.29) is 0 Å². The van der Waals surface area contributed by atoms with Gasteiger partial charge >= 0.3 is 0 Å². The van der Waals surface area contributed by atoms with Crippen LogP contribution in [0.25, 0.3) is 11.3 Å². The van der Waals surface area contributed by atoms with E-state index in [1.165, 1.54) is 5.56 Å². The van der Waals surface area contributed by atoms with Gasteiger partial charge in [0, 0.05) is 17.7 Å². The van der Waals surface area contributed by atoms with Gasteiger partial charge in [0.15, 0.2) is 0 Å². The van der Waals surface area contributed by atoms with Gasteiger partial charge in [0.25, 0.3) is 0 Å². The third-order valence-electron chi connectivity index (χ3n) is 3.04. The molecule has 0 aliphatic heterocycles. The van der Waals surface area contributed by atoms with Gasteiger partial charge in [-0.05, 0) is 32.9 Å². The minimum atomic E-state index is 0.829. The SMILES string of the molecule is CCNc1ncnc(-c2cc(C)ccc2OC)c1C. The molecule has 0 atom stereocenters. The van der Waals surface area contributed by atoms with Crippen molar-refractivity contribution in [1.29, 1.82) is 0 Å². The zero-order valence-corrected chi connectivity index (χ0v) is 11.8. The van der Waals surface area contributed by atoms with Gasteiger partial charge in [-0.15, -0.1) is 0 Å². The van der Waals surface area contributed by atoms with Crippen LogP contribution < -0.4 is 10.1 Å². The highest BCUT2D eigenvalue weighted by Crippen LogP contribution is 2.33. The van der Waals surface area contributed by atoms with Gasteiger partial charge in [-0.25, -0.2) is 9.97 Å². The van der Waals surface area contributed by atoms with Crippen LogP contribution in [0, 0.1) is 13.8 Å². The molecule has 1 aromatic carbocycles. The molecular formula is C15H19N3O. The summed E-state index contributed by atoms with van der Waals surface area (Å²) in [7, 11) is 1.68. The van der Waals surface area contributed by atoms with Crippen molar-refractivity contribution < 1.29 is 4.74 Å². The van der Waals surface area contributed by atoms with Crippen LogP contribution in [0.15, 0.2) is 24.5 Å². The number of anilines is 1. The minimum Gasteiger partial charge on any atom is -0.496 e. The molecule has 0 saturated carbocycles. The molecule has 0 unspecified atom stereocenters. The standard InChI is InChI=1S/C15H19N3O/c1-5-16-15-11(3)14(17-9-18-15)12-8-10(2)6-7-13(12)19-4/h6-9H,5H2,1-4H3,(H,16,17,18). The fraction of sp³-hybridized carbons (Fsp3) is 0.333. The molecule has 0 aliphatic carbocycles. The van der Waals surface area contributed by atoms with Crippen molar-refractivity contribution >= 4 is 5.82 Å². The first-order valence-corrected chi connectivity index (χ1v) is 6.37. The highest BCUT2D eigenvalue weighted by atomic mass is 16.5. The molecule has 2 rings (SSSR count). The monoisotopic (exact) mass is 257 g/mol. The van der Waals surface area contributed by atoms with E-state index in [1.54, 1.807) is 13.4 Å². The van der Waals surface area contributed by atoms with E-state index in [1.807, 2.05) is 19.1 Å². The molecule has 0 fully saturated rings. The maximum Gasteiger partial charge on any atom is 0.132 e. The Bertz CT molecular complexity index is 582. The number of aryl methyl sites for hydroxylation is 1. The van der Waals surface area contributed by atoms with E-state index in [4.69, 9.17) is 4.74 Å².